The first-order chi connectivity index (χ1) is 11.8. The van der Waals surface area contributed by atoms with Crippen LogP contribution in [-0.4, -0.2) is 60.5 Å². The fourth-order valence-corrected chi connectivity index (χ4v) is 3.15. The highest BCUT2D eigenvalue weighted by molar-refractivity contribution is 7.89. The Balaban J connectivity index is 2.18. The van der Waals surface area contributed by atoms with Crippen LogP contribution in [0.25, 0.3) is 11.0 Å². The summed E-state index contributed by atoms with van der Waals surface area (Å²) in [6.07, 6.45) is 1.67. The number of aromatic nitrogens is 3. The largest absolute Gasteiger partial charge is 0.385 e. The predicted molar refractivity (Wildman–Crippen MR) is 92.4 cm³/mol. The van der Waals surface area contributed by atoms with Crippen molar-refractivity contribution in [2.45, 2.75) is 37.6 Å². The molecule has 0 aliphatic rings. The zero-order chi connectivity index (χ0) is 18.6. The second-order valence-electron chi connectivity index (χ2n) is 5.75. The molecule has 0 fully saturated rings. The lowest BCUT2D eigenvalue weighted by molar-refractivity contribution is -0.127. The number of nitrogens with zero attached hydrogens (tertiary/aromatic N) is 4. The Kier molecular flexibility index (Phi) is 5.96. The fraction of sp³-hybridized carbons (Fsp3) is 0.533. The van der Waals surface area contributed by atoms with Gasteiger partial charge in [0, 0.05) is 20.1 Å². The lowest BCUT2D eigenvalue weighted by atomic mass is 10.2. The van der Waals surface area contributed by atoms with E-state index in [0.29, 0.717) is 11.0 Å². The highest BCUT2D eigenvalue weighted by atomic mass is 32.2. The topological polar surface area (TPSA) is 106 Å². The molecule has 0 aliphatic heterocycles. The third-order valence-corrected chi connectivity index (χ3v) is 5.64. The van der Waals surface area contributed by atoms with Crippen LogP contribution in [0.4, 0.5) is 0 Å². The van der Waals surface area contributed by atoms with Gasteiger partial charge in [0.15, 0.2) is 6.61 Å². The number of hydrogen-bond donors (Lipinski definition) is 1. The van der Waals surface area contributed by atoms with Crippen molar-refractivity contribution in [2.24, 2.45) is 0 Å². The lowest BCUT2D eigenvalue weighted by Gasteiger charge is -2.14. The number of nitrogens with one attached hydrogen (secondary N) is 1. The molecule has 0 bridgehead atoms. The van der Waals surface area contributed by atoms with Crippen LogP contribution in [0, 0.1) is 0 Å². The Hall–Kier alpha value is -2.20. The van der Waals surface area contributed by atoms with E-state index in [1.165, 1.54) is 26.2 Å². The number of fused-ring (bicyclic) bond motifs is 1. The van der Waals surface area contributed by atoms with Crippen molar-refractivity contribution in [3.63, 3.8) is 0 Å². The number of rotatable bonds is 8. The quantitative estimate of drug-likeness (QED) is 0.722. The molecule has 2 aromatic rings. The number of carbonyl (C=O) groups is 1. The minimum Gasteiger partial charge on any atom is -0.385 e. The van der Waals surface area contributed by atoms with Crippen LogP contribution in [0.2, 0.25) is 0 Å². The smallest absolute Gasteiger partial charge is 0.260 e. The average Bonchev–Trinajstić information content (AvgIpc) is 2.99. The van der Waals surface area contributed by atoms with E-state index in [-0.39, 0.29) is 23.5 Å². The zero-order valence-electron chi connectivity index (χ0n) is 14.8. The third kappa shape index (κ3) is 4.26. The van der Waals surface area contributed by atoms with E-state index in [1.807, 2.05) is 13.8 Å². The summed E-state index contributed by atoms with van der Waals surface area (Å²) >= 11 is 0. The van der Waals surface area contributed by atoms with Gasteiger partial charge in [-0.05, 0) is 36.3 Å². The summed E-state index contributed by atoms with van der Waals surface area (Å²) in [6.45, 7) is 3.75. The van der Waals surface area contributed by atoms with Crippen molar-refractivity contribution in [3.8, 4) is 0 Å². The minimum absolute atomic E-state index is 0.0960. The van der Waals surface area contributed by atoms with Crippen LogP contribution in [0.3, 0.4) is 0 Å². The Morgan fingerprint density at radius 2 is 2.00 bits per heavy atom. The number of hydrogen-bond acceptors (Lipinski definition) is 6. The highest BCUT2D eigenvalue weighted by Crippen LogP contribution is 2.18. The first kappa shape index (κ1) is 19.1. The molecule has 1 amide bonds. The maximum atomic E-state index is 12.2. The van der Waals surface area contributed by atoms with Crippen LogP contribution in [0.1, 0.15) is 26.7 Å². The van der Waals surface area contributed by atoms with E-state index >= 15 is 0 Å². The van der Waals surface area contributed by atoms with Crippen LogP contribution < -0.4 is 10.2 Å². The number of amides is 1. The summed E-state index contributed by atoms with van der Waals surface area (Å²) in [5.41, 5.74) is 0.844. The van der Waals surface area contributed by atoms with Gasteiger partial charge in [0.05, 0.1) is 4.90 Å². The fourth-order valence-electron chi connectivity index (χ4n) is 2.23. The van der Waals surface area contributed by atoms with Crippen LogP contribution in [0.5, 0.6) is 0 Å². The number of carbonyl (C=O) groups excluding carboxylic acids is 1. The van der Waals surface area contributed by atoms with Gasteiger partial charge in [-0.2, -0.15) is 0 Å². The molecule has 25 heavy (non-hydrogen) atoms. The van der Waals surface area contributed by atoms with Crippen molar-refractivity contribution in [2.75, 3.05) is 20.7 Å². The van der Waals surface area contributed by atoms with Crippen molar-refractivity contribution in [1.82, 2.24) is 24.8 Å². The van der Waals surface area contributed by atoms with Gasteiger partial charge in [-0.25, -0.2) is 12.7 Å². The molecule has 0 unspecified atom stereocenters. The van der Waals surface area contributed by atoms with E-state index in [0.717, 1.165) is 22.0 Å². The highest BCUT2D eigenvalue weighted by Gasteiger charge is 2.19. The van der Waals surface area contributed by atoms with Gasteiger partial charge in [0.25, 0.3) is 5.91 Å². The van der Waals surface area contributed by atoms with E-state index in [2.05, 4.69) is 15.6 Å². The molecule has 1 N–H and O–H groups in total. The molecule has 0 spiro atoms. The van der Waals surface area contributed by atoms with Gasteiger partial charge in [-0.3, -0.25) is 4.79 Å². The Morgan fingerprint density at radius 3 is 2.60 bits per heavy atom. The molecule has 0 saturated heterocycles. The molecule has 0 atom stereocenters. The molecule has 0 aliphatic carbocycles. The molecule has 2 rings (SSSR count). The number of sulfonamides is 1. The van der Waals surface area contributed by atoms with Gasteiger partial charge in [-0.1, -0.05) is 18.7 Å². The van der Waals surface area contributed by atoms with Gasteiger partial charge >= 0.3 is 0 Å². The summed E-state index contributed by atoms with van der Waals surface area (Å²) in [4.78, 5) is 18.4. The van der Waals surface area contributed by atoms with Crippen LogP contribution in [-0.2, 0) is 14.8 Å². The Bertz CT molecular complexity index is 843. The van der Waals surface area contributed by atoms with E-state index in [9.17, 15) is 13.2 Å². The minimum atomic E-state index is -3.59. The second-order valence-corrected chi connectivity index (χ2v) is 7.91. The van der Waals surface area contributed by atoms with Gasteiger partial charge in [-0.15, -0.1) is 5.10 Å². The molecule has 1 heterocycles. The van der Waals surface area contributed by atoms with Crippen LogP contribution >= 0.6 is 0 Å². The van der Waals surface area contributed by atoms with Crippen LogP contribution in [0.15, 0.2) is 23.1 Å². The maximum absolute atomic E-state index is 12.2. The second kappa shape index (κ2) is 7.79. The summed E-state index contributed by atoms with van der Waals surface area (Å²) in [7, 11) is -0.683. The first-order valence-corrected chi connectivity index (χ1v) is 9.44. The molecule has 138 valence electrons. The summed E-state index contributed by atoms with van der Waals surface area (Å²) in [5, 5.41) is 10.6. The number of benzene rings is 1. The molecule has 9 nitrogen and oxygen atoms in total. The molecule has 1 aromatic heterocycles. The van der Waals surface area contributed by atoms with E-state index < -0.39 is 10.0 Å². The zero-order valence-corrected chi connectivity index (χ0v) is 15.6. The summed E-state index contributed by atoms with van der Waals surface area (Å²) in [5.74, 6) is -0.269. The standard InChI is InChI=1S/C15H23N5O4S/c1-5-11(6-2)16-15(21)10-24-20-14-9-12(25(22,23)19(3)4)7-8-13(14)17-18-20/h7-9,11H,5-6,10H2,1-4H3,(H,16,21). The van der Waals surface area contributed by atoms with E-state index in [1.54, 1.807) is 6.07 Å². The van der Waals surface area contributed by atoms with Gasteiger partial charge < -0.3 is 10.2 Å². The predicted octanol–water partition coefficient (Wildman–Crippen LogP) is 0.415. The first-order valence-electron chi connectivity index (χ1n) is 8.00. The average molecular weight is 369 g/mol. The van der Waals surface area contributed by atoms with Crippen molar-refractivity contribution in [3.05, 3.63) is 18.2 Å². The lowest BCUT2D eigenvalue weighted by Crippen LogP contribution is -2.38. The monoisotopic (exact) mass is 369 g/mol. The third-order valence-electron chi connectivity index (χ3n) is 3.83. The summed E-state index contributed by atoms with van der Waals surface area (Å²) in [6, 6.07) is 4.52. The summed E-state index contributed by atoms with van der Waals surface area (Å²) < 4.78 is 25.6. The molecule has 0 radical (unpaired) electrons. The maximum Gasteiger partial charge on any atom is 0.260 e. The molecular weight excluding hydrogens is 346 g/mol. The van der Waals surface area contributed by atoms with E-state index in [4.69, 9.17) is 4.84 Å². The molecule has 0 saturated carbocycles. The van der Waals surface area contributed by atoms with Crippen molar-refractivity contribution in [1.29, 1.82) is 0 Å². The van der Waals surface area contributed by atoms with Gasteiger partial charge in [0.2, 0.25) is 10.0 Å². The Morgan fingerprint density at radius 1 is 1.32 bits per heavy atom. The van der Waals surface area contributed by atoms with Crippen molar-refractivity contribution >= 4 is 27.0 Å². The molecule has 1 aromatic carbocycles. The normalized spacial score (nSPS) is 12.1. The van der Waals surface area contributed by atoms with Gasteiger partial charge in [0.1, 0.15) is 11.0 Å². The Labute approximate surface area is 146 Å². The van der Waals surface area contributed by atoms with Crippen molar-refractivity contribution < 1.29 is 18.0 Å². The molecular formula is C15H23N5O4S. The SMILES string of the molecule is CCC(CC)NC(=O)COn1nnc2ccc(S(=O)(=O)N(C)C)cc21. The molecule has 10 heteroatoms.